The second kappa shape index (κ2) is 8.81. The number of aryl methyl sites for hydroxylation is 3. The molecule has 0 aromatic carbocycles. The number of hydrogen-bond acceptors (Lipinski definition) is 3. The summed E-state index contributed by atoms with van der Waals surface area (Å²) in [5, 5.41) is 2.78. The molecule has 2 aliphatic heterocycles. The minimum absolute atomic E-state index is 0.00772. The van der Waals surface area contributed by atoms with Crippen LogP contribution in [0.1, 0.15) is 43.0 Å². The van der Waals surface area contributed by atoms with Crippen molar-refractivity contribution >= 4 is 23.7 Å². The average molecular weight is 409 g/mol. The van der Waals surface area contributed by atoms with Crippen molar-refractivity contribution in [1.29, 1.82) is 0 Å². The summed E-state index contributed by atoms with van der Waals surface area (Å²) in [6, 6.07) is 2.00. The minimum Gasteiger partial charge on any atom is -0.339 e. The smallest absolute Gasteiger partial charge is 0.246 e. The molecule has 2 amide bonds. The number of rotatable bonds is 5. The van der Waals surface area contributed by atoms with E-state index in [0.717, 1.165) is 50.0 Å². The van der Waals surface area contributed by atoms with E-state index < -0.39 is 0 Å². The predicted molar refractivity (Wildman–Crippen MR) is 115 cm³/mol. The van der Waals surface area contributed by atoms with Crippen LogP contribution in [0.25, 0.3) is 6.08 Å². The molecule has 0 radical (unpaired) electrons. The molecule has 0 saturated carbocycles. The van der Waals surface area contributed by atoms with Gasteiger partial charge in [-0.05, 0) is 42.5 Å². The molecule has 7 nitrogen and oxygen atoms in total. The molecular weight excluding hydrogens is 378 g/mol. The summed E-state index contributed by atoms with van der Waals surface area (Å²) >= 11 is 0. The number of piperidine rings is 1. The van der Waals surface area contributed by atoms with Crippen LogP contribution < -0.4 is 9.88 Å². The van der Waals surface area contributed by atoms with E-state index in [-0.39, 0.29) is 11.8 Å². The van der Waals surface area contributed by atoms with Gasteiger partial charge in [0.05, 0.1) is 13.6 Å². The summed E-state index contributed by atoms with van der Waals surface area (Å²) in [7, 11) is 2.09. The zero-order valence-corrected chi connectivity index (χ0v) is 17.8. The van der Waals surface area contributed by atoms with Crippen molar-refractivity contribution in [2.75, 3.05) is 18.4 Å². The Balaban J connectivity index is 1.29. The third kappa shape index (κ3) is 4.61. The fourth-order valence-electron chi connectivity index (χ4n) is 4.33. The van der Waals surface area contributed by atoms with E-state index in [2.05, 4.69) is 45.9 Å². The lowest BCUT2D eigenvalue weighted by Crippen LogP contribution is -2.43. The molecule has 2 aromatic rings. The van der Waals surface area contributed by atoms with Gasteiger partial charge in [0.2, 0.25) is 18.1 Å². The summed E-state index contributed by atoms with van der Waals surface area (Å²) in [5.41, 5.74) is 3.25. The lowest BCUT2D eigenvalue weighted by molar-refractivity contribution is -0.703. The van der Waals surface area contributed by atoms with Crippen molar-refractivity contribution < 1.29 is 14.2 Å². The number of aromatic nitrogens is 3. The van der Waals surface area contributed by atoms with E-state index in [0.29, 0.717) is 24.6 Å². The highest BCUT2D eigenvalue weighted by Crippen LogP contribution is 2.22. The predicted octanol–water partition coefficient (Wildman–Crippen LogP) is 2.11. The maximum atomic E-state index is 12.6. The molecule has 4 heterocycles. The van der Waals surface area contributed by atoms with Crippen molar-refractivity contribution in [2.24, 2.45) is 13.0 Å². The molecular formula is C23H30N5O2+. The molecule has 1 saturated heterocycles. The van der Waals surface area contributed by atoms with Crippen LogP contribution in [0.15, 0.2) is 30.9 Å². The molecule has 0 spiro atoms. The molecule has 2 aromatic heterocycles. The maximum absolute atomic E-state index is 12.6. The number of fused-ring (bicyclic) bond motifs is 1. The standard InChI is InChI=1S/C23H29N5O2/c1-3-20-15-27(16-26(20)2)14-17-8-10-28(11-9-17)22(30)7-4-18-12-19-5-6-21(29)25-23(19)24-13-18/h4,7,12-13,15-17H,3,5-6,8-11,14H2,1-2H3/p+1. The van der Waals surface area contributed by atoms with Gasteiger partial charge in [-0.2, -0.15) is 0 Å². The fraction of sp³-hybridized carbons (Fsp3) is 0.478. The van der Waals surface area contributed by atoms with E-state index in [1.54, 1.807) is 12.3 Å². The van der Waals surface area contributed by atoms with Crippen LogP contribution in [0.5, 0.6) is 0 Å². The van der Waals surface area contributed by atoms with Crippen molar-refractivity contribution in [3.05, 3.63) is 47.7 Å². The normalized spacial score (nSPS) is 17.3. The summed E-state index contributed by atoms with van der Waals surface area (Å²) in [6.07, 6.45) is 13.8. The molecule has 7 heteroatoms. The summed E-state index contributed by atoms with van der Waals surface area (Å²) in [5.74, 6) is 1.31. The summed E-state index contributed by atoms with van der Waals surface area (Å²) in [6.45, 7) is 4.80. The number of imidazole rings is 1. The van der Waals surface area contributed by atoms with Gasteiger partial charge in [-0.15, -0.1) is 0 Å². The quantitative estimate of drug-likeness (QED) is 0.608. The van der Waals surface area contributed by atoms with Crippen LogP contribution in [0.4, 0.5) is 5.82 Å². The number of likely N-dealkylation sites (tertiary alicyclic amines) is 1. The third-order valence-corrected chi connectivity index (χ3v) is 6.13. The highest BCUT2D eigenvalue weighted by molar-refractivity contribution is 5.93. The van der Waals surface area contributed by atoms with E-state index in [1.807, 2.05) is 17.0 Å². The highest BCUT2D eigenvalue weighted by Gasteiger charge is 2.24. The van der Waals surface area contributed by atoms with Crippen molar-refractivity contribution in [3.8, 4) is 0 Å². The number of carbonyl (C=O) groups excluding carboxylic acids is 2. The molecule has 4 rings (SSSR count). The van der Waals surface area contributed by atoms with Gasteiger partial charge in [0, 0.05) is 44.1 Å². The molecule has 1 fully saturated rings. The molecule has 1 N–H and O–H groups in total. The number of amides is 2. The Bertz CT molecular complexity index is 970. The SMILES string of the molecule is CCc1c[n+](CC2CCN(C(=O)C=Cc3cnc4c(c3)CCC(=O)N4)CC2)cn1C. The van der Waals surface area contributed by atoms with Crippen molar-refractivity contribution in [2.45, 2.75) is 45.6 Å². The second-order valence-electron chi connectivity index (χ2n) is 8.32. The van der Waals surface area contributed by atoms with Crippen LogP contribution in [0.3, 0.4) is 0 Å². The van der Waals surface area contributed by atoms with Gasteiger partial charge in [0.25, 0.3) is 0 Å². The zero-order chi connectivity index (χ0) is 21.1. The van der Waals surface area contributed by atoms with E-state index >= 15 is 0 Å². The fourth-order valence-corrected chi connectivity index (χ4v) is 4.33. The molecule has 158 valence electrons. The van der Waals surface area contributed by atoms with Gasteiger partial charge < -0.3 is 10.2 Å². The molecule has 0 unspecified atom stereocenters. The number of hydrogen-bond donors (Lipinski definition) is 1. The number of nitrogens with zero attached hydrogens (tertiary/aromatic N) is 4. The highest BCUT2D eigenvalue weighted by atomic mass is 16.2. The van der Waals surface area contributed by atoms with Gasteiger partial charge in [-0.25, -0.2) is 14.1 Å². The Labute approximate surface area is 177 Å². The molecule has 0 atom stereocenters. The van der Waals surface area contributed by atoms with E-state index in [4.69, 9.17) is 0 Å². The van der Waals surface area contributed by atoms with Crippen molar-refractivity contribution in [1.82, 2.24) is 14.5 Å². The first-order valence-electron chi connectivity index (χ1n) is 10.8. The van der Waals surface area contributed by atoms with E-state index in [1.165, 1.54) is 5.69 Å². The Hall–Kier alpha value is -2.96. The van der Waals surface area contributed by atoms with Crippen LogP contribution in [-0.2, 0) is 36.0 Å². The van der Waals surface area contributed by atoms with Crippen molar-refractivity contribution in [3.63, 3.8) is 0 Å². The number of carbonyl (C=O) groups is 2. The summed E-state index contributed by atoms with van der Waals surface area (Å²) in [4.78, 5) is 30.3. The monoisotopic (exact) mass is 408 g/mol. The lowest BCUT2D eigenvalue weighted by Gasteiger charge is -2.30. The van der Waals surface area contributed by atoms with Gasteiger partial charge in [-0.1, -0.05) is 6.92 Å². The third-order valence-electron chi connectivity index (χ3n) is 6.13. The first-order chi connectivity index (χ1) is 14.5. The first kappa shape index (κ1) is 20.3. The van der Waals surface area contributed by atoms with Crippen LogP contribution in [0, 0.1) is 5.92 Å². The Morgan fingerprint density at radius 1 is 1.33 bits per heavy atom. The van der Waals surface area contributed by atoms with Gasteiger partial charge >= 0.3 is 0 Å². The minimum atomic E-state index is 0.00772. The average Bonchev–Trinajstić information content (AvgIpc) is 3.11. The first-order valence-corrected chi connectivity index (χ1v) is 10.8. The largest absolute Gasteiger partial charge is 0.339 e. The Morgan fingerprint density at radius 2 is 2.13 bits per heavy atom. The lowest BCUT2D eigenvalue weighted by atomic mass is 9.96. The Kier molecular flexibility index (Phi) is 5.97. The molecule has 2 aliphatic rings. The number of anilines is 1. The number of nitrogens with one attached hydrogen (secondary N) is 1. The topological polar surface area (TPSA) is 71.1 Å². The van der Waals surface area contributed by atoms with Crippen LogP contribution >= 0.6 is 0 Å². The Morgan fingerprint density at radius 3 is 2.87 bits per heavy atom. The zero-order valence-electron chi connectivity index (χ0n) is 17.8. The van der Waals surface area contributed by atoms with E-state index in [9.17, 15) is 9.59 Å². The van der Waals surface area contributed by atoms with Crippen LogP contribution in [-0.4, -0.2) is 39.4 Å². The molecule has 30 heavy (non-hydrogen) atoms. The van der Waals surface area contributed by atoms with Crippen LogP contribution in [0.2, 0.25) is 0 Å². The van der Waals surface area contributed by atoms with Gasteiger partial charge in [0.15, 0.2) is 0 Å². The van der Waals surface area contributed by atoms with Gasteiger partial charge in [0.1, 0.15) is 17.7 Å². The molecule has 0 aliphatic carbocycles. The van der Waals surface area contributed by atoms with Gasteiger partial charge in [-0.3, -0.25) is 9.59 Å². The molecule has 0 bridgehead atoms. The summed E-state index contributed by atoms with van der Waals surface area (Å²) < 4.78 is 4.47. The number of pyridine rings is 1. The maximum Gasteiger partial charge on any atom is 0.246 e. The second-order valence-corrected chi connectivity index (χ2v) is 8.32.